The van der Waals surface area contributed by atoms with E-state index in [0.29, 0.717) is 18.1 Å². The lowest BCUT2D eigenvalue weighted by atomic mass is 9.75. The Balaban J connectivity index is 1.71. The molecule has 0 radical (unpaired) electrons. The minimum absolute atomic E-state index is 0.0383. The molecule has 1 aliphatic rings. The molecular formula is C29H38F2O. The lowest BCUT2D eigenvalue weighted by Crippen LogP contribution is -2.28. The summed E-state index contributed by atoms with van der Waals surface area (Å²) in [5.41, 5.74) is 2.00. The first-order chi connectivity index (χ1) is 15.0. The highest BCUT2D eigenvalue weighted by Gasteiger charge is 2.28. The molecule has 0 unspecified atom stereocenters. The van der Waals surface area contributed by atoms with E-state index in [4.69, 9.17) is 4.74 Å². The molecule has 1 nitrogen and oxygen atoms in total. The predicted molar refractivity (Wildman–Crippen MR) is 130 cm³/mol. The number of rotatable bonds is 8. The van der Waals surface area contributed by atoms with Gasteiger partial charge < -0.3 is 4.74 Å². The van der Waals surface area contributed by atoms with Crippen LogP contribution in [0.25, 0.3) is 11.1 Å². The summed E-state index contributed by atoms with van der Waals surface area (Å²) in [5, 5.41) is 0. The van der Waals surface area contributed by atoms with Crippen molar-refractivity contribution in [2.45, 2.75) is 72.6 Å². The largest absolute Gasteiger partial charge is 0.490 e. The molecule has 0 amide bonds. The van der Waals surface area contributed by atoms with E-state index in [1.165, 1.54) is 31.2 Å². The van der Waals surface area contributed by atoms with Gasteiger partial charge in [0.05, 0.1) is 6.61 Å². The minimum Gasteiger partial charge on any atom is -0.490 e. The first kappa shape index (κ1) is 24.5. The lowest BCUT2D eigenvalue weighted by molar-refractivity contribution is 0.131. The molecule has 32 heavy (non-hydrogen) atoms. The van der Waals surface area contributed by atoms with Crippen LogP contribution in [0.1, 0.15) is 78.2 Å². The van der Waals surface area contributed by atoms with Crippen molar-refractivity contribution in [3.8, 4) is 16.9 Å². The number of allylic oxidation sites excluding steroid dienone is 1. The standard InChI is InChI=1S/C29H38F2O/c1-7-28(3,4)18-29(5,6)19-32-25-17-16-24(26(30)27(25)31)23-14-12-22(13-15-23)21-10-8-20(2)9-11-21/h7,12-17,20-21H,1,8-11,18-19H2,2-6H3. The molecule has 1 fully saturated rings. The number of halogens is 2. The average molecular weight is 441 g/mol. The molecule has 0 spiro atoms. The molecule has 0 aromatic heterocycles. The smallest absolute Gasteiger partial charge is 0.201 e. The average Bonchev–Trinajstić information content (AvgIpc) is 2.75. The Bertz CT molecular complexity index is 919. The maximum absolute atomic E-state index is 14.9. The van der Waals surface area contributed by atoms with E-state index in [-0.39, 0.29) is 22.1 Å². The van der Waals surface area contributed by atoms with Gasteiger partial charge in [-0.3, -0.25) is 0 Å². The SMILES string of the molecule is C=CC(C)(C)CC(C)(C)COc1ccc(-c2ccc(C3CCC(C)CC3)cc2)c(F)c1F. The molecule has 0 heterocycles. The summed E-state index contributed by atoms with van der Waals surface area (Å²) >= 11 is 0. The van der Waals surface area contributed by atoms with Crippen molar-refractivity contribution in [2.24, 2.45) is 16.7 Å². The Kier molecular flexibility index (Phi) is 7.47. The third-order valence-electron chi connectivity index (χ3n) is 6.86. The first-order valence-electron chi connectivity index (χ1n) is 11.9. The summed E-state index contributed by atoms with van der Waals surface area (Å²) in [6.07, 6.45) is 7.68. The second kappa shape index (κ2) is 9.77. The van der Waals surface area contributed by atoms with Gasteiger partial charge in [0.2, 0.25) is 5.82 Å². The molecule has 3 rings (SSSR count). The zero-order valence-corrected chi connectivity index (χ0v) is 20.3. The topological polar surface area (TPSA) is 9.23 Å². The van der Waals surface area contributed by atoms with Gasteiger partial charge in [0.25, 0.3) is 0 Å². The van der Waals surface area contributed by atoms with Gasteiger partial charge >= 0.3 is 0 Å². The second-order valence-corrected chi connectivity index (χ2v) is 11.1. The van der Waals surface area contributed by atoms with Gasteiger partial charge in [-0.05, 0) is 65.2 Å². The molecule has 2 aromatic carbocycles. The van der Waals surface area contributed by atoms with Crippen molar-refractivity contribution < 1.29 is 13.5 Å². The molecule has 2 aromatic rings. The van der Waals surface area contributed by atoms with Crippen LogP contribution in [0.2, 0.25) is 0 Å². The maximum Gasteiger partial charge on any atom is 0.201 e. The highest BCUT2D eigenvalue weighted by molar-refractivity contribution is 5.65. The van der Waals surface area contributed by atoms with Crippen LogP contribution in [-0.4, -0.2) is 6.61 Å². The van der Waals surface area contributed by atoms with Gasteiger partial charge in [0.1, 0.15) is 0 Å². The van der Waals surface area contributed by atoms with Gasteiger partial charge in [-0.15, -0.1) is 6.58 Å². The molecule has 1 aliphatic carbocycles. The molecule has 0 aliphatic heterocycles. The van der Waals surface area contributed by atoms with Crippen molar-refractivity contribution in [3.63, 3.8) is 0 Å². The van der Waals surface area contributed by atoms with E-state index in [1.54, 1.807) is 12.1 Å². The van der Waals surface area contributed by atoms with Gasteiger partial charge in [-0.25, -0.2) is 4.39 Å². The highest BCUT2D eigenvalue weighted by atomic mass is 19.2. The molecule has 0 saturated heterocycles. The third-order valence-corrected chi connectivity index (χ3v) is 6.86. The van der Waals surface area contributed by atoms with Crippen LogP contribution in [0.4, 0.5) is 8.78 Å². The molecule has 3 heteroatoms. The maximum atomic E-state index is 14.9. The van der Waals surface area contributed by atoms with E-state index in [2.05, 4.69) is 53.3 Å². The van der Waals surface area contributed by atoms with Crippen molar-refractivity contribution >= 4 is 0 Å². The van der Waals surface area contributed by atoms with E-state index >= 15 is 0 Å². The van der Waals surface area contributed by atoms with Gasteiger partial charge in [0.15, 0.2) is 11.6 Å². The zero-order valence-electron chi connectivity index (χ0n) is 20.3. The lowest BCUT2D eigenvalue weighted by Gasteiger charge is -2.32. The summed E-state index contributed by atoms with van der Waals surface area (Å²) in [5.74, 6) is -0.435. The van der Waals surface area contributed by atoms with Crippen LogP contribution in [0.5, 0.6) is 5.75 Å². The van der Waals surface area contributed by atoms with Crippen molar-refractivity contribution in [1.82, 2.24) is 0 Å². The Hall–Kier alpha value is -2.16. The number of ether oxygens (including phenoxy) is 1. The molecule has 1 saturated carbocycles. The third kappa shape index (κ3) is 5.99. The minimum atomic E-state index is -0.924. The quantitative estimate of drug-likeness (QED) is 0.372. The molecule has 0 atom stereocenters. The summed E-state index contributed by atoms with van der Waals surface area (Å²) in [6.45, 7) is 14.8. The van der Waals surface area contributed by atoms with Gasteiger partial charge in [-0.1, -0.05) is 77.8 Å². The Morgan fingerprint density at radius 3 is 2.16 bits per heavy atom. The Labute approximate surface area is 192 Å². The molecular weight excluding hydrogens is 402 g/mol. The number of hydrogen-bond acceptors (Lipinski definition) is 1. The predicted octanol–water partition coefficient (Wildman–Crippen LogP) is 8.93. The van der Waals surface area contributed by atoms with Crippen LogP contribution in [0.15, 0.2) is 49.1 Å². The fraction of sp³-hybridized carbons (Fsp3) is 0.517. The summed E-state index contributed by atoms with van der Waals surface area (Å²) in [4.78, 5) is 0. The first-order valence-corrected chi connectivity index (χ1v) is 11.9. The van der Waals surface area contributed by atoms with E-state index in [0.717, 1.165) is 12.3 Å². The highest BCUT2D eigenvalue weighted by Crippen LogP contribution is 2.38. The number of hydrogen-bond donors (Lipinski definition) is 0. The number of benzene rings is 2. The summed E-state index contributed by atoms with van der Waals surface area (Å²) in [7, 11) is 0. The van der Waals surface area contributed by atoms with Crippen LogP contribution < -0.4 is 4.74 Å². The van der Waals surface area contributed by atoms with E-state index in [9.17, 15) is 8.78 Å². The molecule has 0 N–H and O–H groups in total. The fourth-order valence-corrected chi connectivity index (χ4v) is 5.02. The zero-order chi connectivity index (χ0) is 23.5. The summed E-state index contributed by atoms with van der Waals surface area (Å²) in [6, 6.07) is 11.1. The van der Waals surface area contributed by atoms with Crippen molar-refractivity contribution in [3.05, 3.63) is 66.3 Å². The normalized spacial score (nSPS) is 19.6. The van der Waals surface area contributed by atoms with Gasteiger partial charge in [0, 0.05) is 5.56 Å². The Morgan fingerprint density at radius 2 is 1.56 bits per heavy atom. The van der Waals surface area contributed by atoms with E-state index < -0.39 is 11.6 Å². The van der Waals surface area contributed by atoms with Gasteiger partial charge in [-0.2, -0.15) is 4.39 Å². The Morgan fingerprint density at radius 1 is 0.938 bits per heavy atom. The van der Waals surface area contributed by atoms with Crippen LogP contribution >= 0.6 is 0 Å². The molecule has 0 bridgehead atoms. The second-order valence-electron chi connectivity index (χ2n) is 11.1. The van der Waals surface area contributed by atoms with Crippen molar-refractivity contribution in [1.29, 1.82) is 0 Å². The molecule has 174 valence electrons. The van der Waals surface area contributed by atoms with Crippen LogP contribution in [-0.2, 0) is 0 Å². The monoisotopic (exact) mass is 440 g/mol. The summed E-state index contributed by atoms with van der Waals surface area (Å²) < 4.78 is 35.5. The van der Waals surface area contributed by atoms with Crippen molar-refractivity contribution in [2.75, 3.05) is 6.61 Å². The van der Waals surface area contributed by atoms with Crippen LogP contribution in [0.3, 0.4) is 0 Å². The van der Waals surface area contributed by atoms with Crippen LogP contribution in [0, 0.1) is 28.4 Å². The fourth-order valence-electron chi connectivity index (χ4n) is 5.02. The van der Waals surface area contributed by atoms with E-state index in [1.807, 2.05) is 18.2 Å².